The van der Waals surface area contributed by atoms with E-state index in [0.29, 0.717) is 22.4 Å². The van der Waals surface area contributed by atoms with E-state index in [0.717, 1.165) is 5.56 Å². The predicted octanol–water partition coefficient (Wildman–Crippen LogP) is 2.00. The Bertz CT molecular complexity index is 1620. The molecule has 5 aromatic rings. The van der Waals surface area contributed by atoms with Crippen molar-refractivity contribution in [1.82, 2.24) is 29.2 Å². The van der Waals surface area contributed by atoms with Crippen LogP contribution >= 0.6 is 0 Å². The number of carbonyl (C=O) groups is 2. The highest BCUT2D eigenvalue weighted by molar-refractivity contribution is 5.99. The number of aromatic nitrogens is 5. The molecule has 2 aromatic carbocycles. The topological polar surface area (TPSA) is 139 Å². The zero-order chi connectivity index (χ0) is 23.8. The molecule has 0 bridgehead atoms. The fourth-order valence-electron chi connectivity index (χ4n) is 3.77. The SMILES string of the molecule is CN(Cc1nc2ccccc2c(=O)[nH]1)C(=O)c1cc(-c2ccccc2)nc2c(C(N)=O)ncn12. The van der Waals surface area contributed by atoms with Crippen molar-refractivity contribution in [1.29, 1.82) is 0 Å². The number of primary amides is 1. The highest BCUT2D eigenvalue weighted by Gasteiger charge is 2.22. The van der Waals surface area contributed by atoms with Gasteiger partial charge < -0.3 is 15.6 Å². The molecular formula is C24H19N7O3. The zero-order valence-electron chi connectivity index (χ0n) is 18.1. The van der Waals surface area contributed by atoms with Gasteiger partial charge in [0.2, 0.25) is 0 Å². The highest BCUT2D eigenvalue weighted by Crippen LogP contribution is 2.22. The van der Waals surface area contributed by atoms with Crippen LogP contribution in [0.2, 0.25) is 0 Å². The Hall–Kier alpha value is -4.86. The van der Waals surface area contributed by atoms with Gasteiger partial charge in [-0.05, 0) is 18.2 Å². The second-order valence-electron chi connectivity index (χ2n) is 7.73. The van der Waals surface area contributed by atoms with Crippen molar-refractivity contribution in [3.63, 3.8) is 0 Å². The average Bonchev–Trinajstić information content (AvgIpc) is 3.28. The number of imidazole rings is 1. The van der Waals surface area contributed by atoms with Crippen molar-refractivity contribution in [2.75, 3.05) is 7.05 Å². The van der Waals surface area contributed by atoms with Crippen molar-refractivity contribution in [3.05, 3.63) is 94.6 Å². The lowest BCUT2D eigenvalue weighted by atomic mass is 10.1. The van der Waals surface area contributed by atoms with Gasteiger partial charge in [-0.3, -0.25) is 18.8 Å². The summed E-state index contributed by atoms with van der Waals surface area (Å²) in [6.07, 6.45) is 1.34. The second kappa shape index (κ2) is 8.24. The number of para-hydroxylation sites is 1. The first-order valence-electron chi connectivity index (χ1n) is 10.4. The third-order valence-corrected chi connectivity index (χ3v) is 5.42. The van der Waals surface area contributed by atoms with Gasteiger partial charge in [0.1, 0.15) is 17.8 Å². The molecule has 0 aliphatic rings. The molecule has 0 unspecified atom stereocenters. The normalized spacial score (nSPS) is 11.1. The van der Waals surface area contributed by atoms with E-state index in [2.05, 4.69) is 19.9 Å². The highest BCUT2D eigenvalue weighted by atomic mass is 16.2. The number of H-pyrrole nitrogens is 1. The van der Waals surface area contributed by atoms with Gasteiger partial charge in [-0.2, -0.15) is 0 Å². The van der Waals surface area contributed by atoms with E-state index in [1.807, 2.05) is 30.3 Å². The summed E-state index contributed by atoms with van der Waals surface area (Å²) in [6, 6.07) is 17.9. The summed E-state index contributed by atoms with van der Waals surface area (Å²) in [4.78, 5) is 55.0. The molecule has 0 saturated carbocycles. The lowest BCUT2D eigenvalue weighted by molar-refractivity contribution is 0.0773. The van der Waals surface area contributed by atoms with Crippen LogP contribution in [0.5, 0.6) is 0 Å². The molecule has 5 rings (SSSR count). The Morgan fingerprint density at radius 3 is 2.56 bits per heavy atom. The second-order valence-corrected chi connectivity index (χ2v) is 7.73. The molecule has 0 saturated heterocycles. The van der Waals surface area contributed by atoms with Crippen LogP contribution in [-0.2, 0) is 6.54 Å². The molecule has 2 amide bonds. The smallest absolute Gasteiger partial charge is 0.271 e. The summed E-state index contributed by atoms with van der Waals surface area (Å²) >= 11 is 0. The van der Waals surface area contributed by atoms with Gasteiger partial charge in [0, 0.05) is 12.6 Å². The van der Waals surface area contributed by atoms with Gasteiger partial charge in [0.05, 0.1) is 23.1 Å². The van der Waals surface area contributed by atoms with E-state index in [4.69, 9.17) is 5.73 Å². The molecular weight excluding hydrogens is 434 g/mol. The third kappa shape index (κ3) is 3.66. The van der Waals surface area contributed by atoms with Crippen molar-refractivity contribution < 1.29 is 9.59 Å². The third-order valence-electron chi connectivity index (χ3n) is 5.42. The van der Waals surface area contributed by atoms with Crippen LogP contribution in [0, 0.1) is 0 Å². The van der Waals surface area contributed by atoms with Gasteiger partial charge in [-0.1, -0.05) is 42.5 Å². The number of nitrogens with one attached hydrogen (secondary N) is 1. The number of amides is 2. The summed E-state index contributed by atoms with van der Waals surface area (Å²) in [6.45, 7) is 0.0563. The number of rotatable bonds is 5. The number of hydrogen-bond acceptors (Lipinski definition) is 6. The van der Waals surface area contributed by atoms with Crippen LogP contribution in [0.3, 0.4) is 0 Å². The first kappa shape index (κ1) is 21.0. The van der Waals surface area contributed by atoms with E-state index in [-0.39, 0.29) is 35.0 Å². The number of fused-ring (bicyclic) bond motifs is 2. The maximum absolute atomic E-state index is 13.5. The fourth-order valence-corrected chi connectivity index (χ4v) is 3.77. The molecule has 34 heavy (non-hydrogen) atoms. The average molecular weight is 453 g/mol. The molecule has 3 N–H and O–H groups in total. The number of benzene rings is 2. The Morgan fingerprint density at radius 1 is 1.06 bits per heavy atom. The van der Waals surface area contributed by atoms with Crippen LogP contribution in [0.25, 0.3) is 27.8 Å². The molecule has 10 nitrogen and oxygen atoms in total. The van der Waals surface area contributed by atoms with Crippen LogP contribution < -0.4 is 11.3 Å². The Morgan fingerprint density at radius 2 is 1.79 bits per heavy atom. The van der Waals surface area contributed by atoms with Crippen molar-refractivity contribution in [3.8, 4) is 11.3 Å². The van der Waals surface area contributed by atoms with Crippen LogP contribution in [0.1, 0.15) is 26.8 Å². The summed E-state index contributed by atoms with van der Waals surface area (Å²) in [7, 11) is 1.60. The maximum atomic E-state index is 13.5. The number of aromatic amines is 1. The first-order valence-corrected chi connectivity index (χ1v) is 10.4. The summed E-state index contributed by atoms with van der Waals surface area (Å²) in [5.74, 6) is -0.782. The monoisotopic (exact) mass is 453 g/mol. The van der Waals surface area contributed by atoms with E-state index < -0.39 is 5.91 Å². The first-order chi connectivity index (χ1) is 16.4. The predicted molar refractivity (Wildman–Crippen MR) is 125 cm³/mol. The lowest BCUT2D eigenvalue weighted by Gasteiger charge is -2.18. The molecule has 0 aliphatic carbocycles. The van der Waals surface area contributed by atoms with Crippen molar-refractivity contribution in [2.24, 2.45) is 5.73 Å². The largest absolute Gasteiger partial charge is 0.364 e. The fraction of sp³-hybridized carbons (Fsp3) is 0.0833. The summed E-state index contributed by atoms with van der Waals surface area (Å²) < 4.78 is 1.43. The number of hydrogen-bond donors (Lipinski definition) is 2. The minimum absolute atomic E-state index is 0.0324. The minimum atomic E-state index is -0.745. The van der Waals surface area contributed by atoms with Gasteiger partial charge in [-0.25, -0.2) is 15.0 Å². The molecule has 3 aromatic heterocycles. The van der Waals surface area contributed by atoms with Gasteiger partial charge in [0.15, 0.2) is 11.3 Å². The van der Waals surface area contributed by atoms with E-state index in [1.165, 1.54) is 15.6 Å². The van der Waals surface area contributed by atoms with Crippen molar-refractivity contribution >= 4 is 28.4 Å². The number of nitrogens with zero attached hydrogens (tertiary/aromatic N) is 5. The molecule has 3 heterocycles. The molecule has 0 spiro atoms. The van der Waals surface area contributed by atoms with Crippen molar-refractivity contribution in [2.45, 2.75) is 6.54 Å². The van der Waals surface area contributed by atoms with E-state index in [1.54, 1.807) is 37.4 Å². The maximum Gasteiger partial charge on any atom is 0.271 e. The Labute approximate surface area is 192 Å². The van der Waals surface area contributed by atoms with E-state index >= 15 is 0 Å². The molecule has 10 heteroatoms. The molecule has 0 atom stereocenters. The van der Waals surface area contributed by atoms with Crippen LogP contribution in [-0.4, -0.2) is 48.1 Å². The molecule has 168 valence electrons. The minimum Gasteiger partial charge on any atom is -0.364 e. The van der Waals surface area contributed by atoms with Crippen LogP contribution in [0.4, 0.5) is 0 Å². The summed E-state index contributed by atoms with van der Waals surface area (Å²) in [5, 5.41) is 0.473. The quantitative estimate of drug-likeness (QED) is 0.417. The van der Waals surface area contributed by atoms with Crippen LogP contribution in [0.15, 0.2) is 71.8 Å². The number of carbonyl (C=O) groups excluding carboxylic acids is 2. The van der Waals surface area contributed by atoms with Gasteiger partial charge >= 0.3 is 0 Å². The Balaban J connectivity index is 1.57. The van der Waals surface area contributed by atoms with Gasteiger partial charge in [0.25, 0.3) is 17.4 Å². The summed E-state index contributed by atoms with van der Waals surface area (Å²) in [5.41, 5.74) is 7.37. The van der Waals surface area contributed by atoms with E-state index in [9.17, 15) is 14.4 Å². The molecule has 0 fully saturated rings. The van der Waals surface area contributed by atoms with Gasteiger partial charge in [-0.15, -0.1) is 0 Å². The molecule has 0 radical (unpaired) electrons. The molecule has 0 aliphatic heterocycles. The standard InChI is InChI=1S/C24H19N7O3/c1-30(12-19-27-16-10-6-5-9-15(16)23(33)29-19)24(34)18-11-17(14-7-3-2-4-8-14)28-22-20(21(25)32)26-13-31(18)22/h2-11,13H,12H2,1H3,(H2,25,32)(H,27,29,33). The Kier molecular flexibility index (Phi) is 5.09. The lowest BCUT2D eigenvalue weighted by Crippen LogP contribution is -2.30. The number of nitrogens with two attached hydrogens (primary N) is 1. The zero-order valence-corrected chi connectivity index (χ0v) is 18.1.